The standard InChI is InChI=1S/C26H29NO2/c1-2-3-18-29-24-16-14-22(15-17-24)20-26(28)27-25(23-12-8-5-9-13-23)19-21-10-6-4-7-11-21/h4-17,25H,2-3,18-20H2,1H3,(H,27,28). The molecule has 3 aromatic carbocycles. The Labute approximate surface area is 173 Å². The van der Waals surface area contributed by atoms with Crippen molar-refractivity contribution in [3.63, 3.8) is 0 Å². The summed E-state index contributed by atoms with van der Waals surface area (Å²) in [5.41, 5.74) is 3.30. The lowest BCUT2D eigenvalue weighted by molar-refractivity contribution is -0.121. The van der Waals surface area contributed by atoms with Crippen molar-refractivity contribution in [2.45, 2.75) is 38.6 Å². The van der Waals surface area contributed by atoms with Crippen molar-refractivity contribution < 1.29 is 9.53 Å². The molecule has 0 aliphatic carbocycles. The van der Waals surface area contributed by atoms with Gasteiger partial charge < -0.3 is 10.1 Å². The van der Waals surface area contributed by atoms with Gasteiger partial charge in [-0.05, 0) is 41.7 Å². The van der Waals surface area contributed by atoms with Crippen LogP contribution in [0, 0.1) is 0 Å². The van der Waals surface area contributed by atoms with Crippen LogP contribution in [0.25, 0.3) is 0 Å². The molecule has 1 amide bonds. The summed E-state index contributed by atoms with van der Waals surface area (Å²) < 4.78 is 5.69. The fraction of sp³-hybridized carbons (Fsp3) is 0.269. The van der Waals surface area contributed by atoms with Crippen molar-refractivity contribution in [2.75, 3.05) is 6.61 Å². The SMILES string of the molecule is CCCCOc1ccc(CC(=O)NC(Cc2ccccc2)c2ccccc2)cc1. The fourth-order valence-corrected chi connectivity index (χ4v) is 3.26. The summed E-state index contributed by atoms with van der Waals surface area (Å²) in [5, 5.41) is 3.22. The Morgan fingerprint density at radius 3 is 2.17 bits per heavy atom. The average molecular weight is 388 g/mol. The van der Waals surface area contributed by atoms with E-state index in [9.17, 15) is 4.79 Å². The number of benzene rings is 3. The molecule has 0 fully saturated rings. The number of hydrogen-bond acceptors (Lipinski definition) is 2. The highest BCUT2D eigenvalue weighted by Crippen LogP contribution is 2.19. The summed E-state index contributed by atoms with van der Waals surface area (Å²) in [6, 6.07) is 28.2. The number of unbranched alkanes of at least 4 members (excludes halogenated alkanes) is 1. The van der Waals surface area contributed by atoms with E-state index in [1.54, 1.807) is 0 Å². The van der Waals surface area contributed by atoms with E-state index >= 15 is 0 Å². The summed E-state index contributed by atoms with van der Waals surface area (Å²) in [6.45, 7) is 2.88. The number of ether oxygens (including phenoxy) is 1. The first-order valence-corrected chi connectivity index (χ1v) is 10.3. The van der Waals surface area contributed by atoms with Crippen LogP contribution >= 0.6 is 0 Å². The molecule has 3 nitrogen and oxygen atoms in total. The smallest absolute Gasteiger partial charge is 0.224 e. The van der Waals surface area contributed by atoms with Gasteiger partial charge in [0.15, 0.2) is 0 Å². The van der Waals surface area contributed by atoms with E-state index in [2.05, 4.69) is 36.5 Å². The Morgan fingerprint density at radius 1 is 0.862 bits per heavy atom. The van der Waals surface area contributed by atoms with Gasteiger partial charge in [-0.25, -0.2) is 0 Å². The molecule has 3 aromatic rings. The van der Waals surface area contributed by atoms with Crippen LogP contribution in [0.1, 0.15) is 42.5 Å². The third-order valence-corrected chi connectivity index (χ3v) is 4.87. The topological polar surface area (TPSA) is 38.3 Å². The Bertz CT molecular complexity index is 860. The van der Waals surface area contributed by atoms with Crippen LogP contribution in [0.4, 0.5) is 0 Å². The van der Waals surface area contributed by atoms with Crippen molar-refractivity contribution in [1.82, 2.24) is 5.32 Å². The molecule has 1 unspecified atom stereocenters. The highest BCUT2D eigenvalue weighted by molar-refractivity contribution is 5.79. The van der Waals surface area contributed by atoms with E-state index in [1.807, 2.05) is 60.7 Å². The monoisotopic (exact) mass is 387 g/mol. The second kappa shape index (κ2) is 11.1. The normalized spacial score (nSPS) is 11.6. The van der Waals surface area contributed by atoms with Crippen LogP contribution in [0.3, 0.4) is 0 Å². The van der Waals surface area contributed by atoms with Gasteiger partial charge in [0.05, 0.1) is 19.1 Å². The van der Waals surface area contributed by atoms with Crippen LogP contribution in [0.15, 0.2) is 84.9 Å². The number of carbonyl (C=O) groups is 1. The lowest BCUT2D eigenvalue weighted by atomic mass is 9.98. The largest absolute Gasteiger partial charge is 0.494 e. The van der Waals surface area contributed by atoms with Gasteiger partial charge in [-0.1, -0.05) is 86.1 Å². The van der Waals surface area contributed by atoms with E-state index < -0.39 is 0 Å². The Hall–Kier alpha value is -3.07. The summed E-state index contributed by atoms with van der Waals surface area (Å²) in [7, 11) is 0. The zero-order valence-corrected chi connectivity index (χ0v) is 17.0. The summed E-state index contributed by atoms with van der Waals surface area (Å²) in [4.78, 5) is 12.7. The Morgan fingerprint density at radius 2 is 1.52 bits per heavy atom. The van der Waals surface area contributed by atoms with Crippen molar-refractivity contribution >= 4 is 5.91 Å². The second-order valence-electron chi connectivity index (χ2n) is 7.24. The minimum absolute atomic E-state index is 0.0226. The molecule has 1 atom stereocenters. The van der Waals surface area contributed by atoms with Gasteiger partial charge in [0.2, 0.25) is 5.91 Å². The minimum Gasteiger partial charge on any atom is -0.494 e. The van der Waals surface area contributed by atoms with Crippen molar-refractivity contribution in [1.29, 1.82) is 0 Å². The fourth-order valence-electron chi connectivity index (χ4n) is 3.26. The van der Waals surface area contributed by atoms with E-state index in [0.29, 0.717) is 6.42 Å². The molecule has 29 heavy (non-hydrogen) atoms. The lowest BCUT2D eigenvalue weighted by Crippen LogP contribution is -2.31. The predicted molar refractivity (Wildman–Crippen MR) is 118 cm³/mol. The molecule has 0 aliphatic rings. The summed E-state index contributed by atoms with van der Waals surface area (Å²) in [5.74, 6) is 0.878. The lowest BCUT2D eigenvalue weighted by Gasteiger charge is -2.20. The second-order valence-corrected chi connectivity index (χ2v) is 7.24. The van der Waals surface area contributed by atoms with Gasteiger partial charge in [0.25, 0.3) is 0 Å². The number of carbonyl (C=O) groups excluding carboxylic acids is 1. The maximum atomic E-state index is 12.7. The van der Waals surface area contributed by atoms with Crippen molar-refractivity contribution in [2.24, 2.45) is 0 Å². The zero-order chi connectivity index (χ0) is 20.3. The summed E-state index contributed by atoms with van der Waals surface area (Å²) >= 11 is 0. The average Bonchev–Trinajstić information content (AvgIpc) is 2.76. The number of rotatable bonds is 10. The molecule has 0 spiro atoms. The van der Waals surface area contributed by atoms with Crippen LogP contribution in [-0.4, -0.2) is 12.5 Å². The number of hydrogen-bond donors (Lipinski definition) is 1. The first kappa shape index (κ1) is 20.7. The van der Waals surface area contributed by atoms with Crippen LogP contribution < -0.4 is 10.1 Å². The maximum Gasteiger partial charge on any atom is 0.224 e. The van der Waals surface area contributed by atoms with Crippen LogP contribution in [0.2, 0.25) is 0 Å². The van der Waals surface area contributed by atoms with E-state index in [-0.39, 0.29) is 11.9 Å². The third-order valence-electron chi connectivity index (χ3n) is 4.87. The molecule has 0 bridgehead atoms. The van der Waals surface area contributed by atoms with Crippen LogP contribution in [-0.2, 0) is 17.6 Å². The van der Waals surface area contributed by atoms with Gasteiger partial charge in [-0.3, -0.25) is 4.79 Å². The van der Waals surface area contributed by atoms with E-state index in [4.69, 9.17) is 4.74 Å². The van der Waals surface area contributed by atoms with Crippen molar-refractivity contribution in [3.05, 3.63) is 102 Å². The molecule has 0 saturated carbocycles. The summed E-state index contributed by atoms with van der Waals surface area (Å²) in [6.07, 6.45) is 3.28. The Balaban J connectivity index is 1.62. The maximum absolute atomic E-state index is 12.7. The molecule has 0 heterocycles. The zero-order valence-electron chi connectivity index (χ0n) is 17.0. The molecule has 3 rings (SSSR count). The molecule has 1 N–H and O–H groups in total. The molecular formula is C26H29NO2. The highest BCUT2D eigenvalue weighted by Gasteiger charge is 2.15. The van der Waals surface area contributed by atoms with Gasteiger partial charge in [0.1, 0.15) is 5.75 Å². The van der Waals surface area contributed by atoms with Gasteiger partial charge >= 0.3 is 0 Å². The third kappa shape index (κ3) is 6.79. The minimum atomic E-state index is -0.0530. The molecule has 0 aromatic heterocycles. The quantitative estimate of drug-likeness (QED) is 0.466. The predicted octanol–water partition coefficient (Wildman–Crippen LogP) is 5.51. The van der Waals surface area contributed by atoms with E-state index in [0.717, 1.165) is 42.7 Å². The highest BCUT2D eigenvalue weighted by atomic mass is 16.5. The van der Waals surface area contributed by atoms with Crippen LogP contribution in [0.5, 0.6) is 5.75 Å². The van der Waals surface area contributed by atoms with Gasteiger partial charge in [0, 0.05) is 0 Å². The first-order valence-electron chi connectivity index (χ1n) is 10.3. The molecule has 0 aliphatic heterocycles. The molecule has 0 saturated heterocycles. The van der Waals surface area contributed by atoms with Gasteiger partial charge in [-0.2, -0.15) is 0 Å². The molecule has 150 valence electrons. The number of amides is 1. The molecule has 3 heteroatoms. The molecule has 0 radical (unpaired) electrons. The molecular weight excluding hydrogens is 358 g/mol. The number of nitrogens with one attached hydrogen (secondary N) is 1. The van der Waals surface area contributed by atoms with E-state index in [1.165, 1.54) is 5.56 Å². The van der Waals surface area contributed by atoms with Crippen molar-refractivity contribution in [3.8, 4) is 5.75 Å². The first-order chi connectivity index (χ1) is 14.2. The van der Waals surface area contributed by atoms with Gasteiger partial charge in [-0.15, -0.1) is 0 Å². The Kier molecular flexibility index (Phi) is 7.88.